The lowest BCUT2D eigenvalue weighted by Crippen LogP contribution is -2.10. The van der Waals surface area contributed by atoms with Crippen molar-refractivity contribution >= 4 is 27.6 Å². The molecule has 5 heteroatoms. The fourth-order valence-electron chi connectivity index (χ4n) is 2.07. The second-order valence-corrected chi connectivity index (χ2v) is 5.95. The maximum atomic E-state index is 4.46. The average molecular weight is 349 g/mol. The minimum Gasteiger partial charge on any atom is -0.370 e. The Morgan fingerprint density at radius 2 is 1.95 bits per heavy atom. The molecule has 1 heterocycles. The summed E-state index contributed by atoms with van der Waals surface area (Å²) in [5, 5.41) is 6.73. The van der Waals surface area contributed by atoms with Crippen LogP contribution in [-0.4, -0.2) is 16.5 Å². The van der Waals surface area contributed by atoms with Gasteiger partial charge in [-0.2, -0.15) is 0 Å². The first-order valence-corrected chi connectivity index (χ1v) is 7.99. The molecular formula is C16H21BrN4. The van der Waals surface area contributed by atoms with Crippen LogP contribution in [0.5, 0.6) is 0 Å². The van der Waals surface area contributed by atoms with E-state index < -0.39 is 0 Å². The third kappa shape index (κ3) is 4.70. The van der Waals surface area contributed by atoms with E-state index in [4.69, 9.17) is 0 Å². The van der Waals surface area contributed by atoms with E-state index in [9.17, 15) is 0 Å². The fourth-order valence-corrected chi connectivity index (χ4v) is 2.48. The molecule has 112 valence electrons. The number of benzene rings is 1. The second kappa shape index (κ2) is 7.41. The molecule has 0 aliphatic rings. The Bertz CT molecular complexity index is 601. The van der Waals surface area contributed by atoms with Gasteiger partial charge < -0.3 is 10.6 Å². The maximum absolute atomic E-state index is 4.46. The molecule has 0 spiro atoms. The van der Waals surface area contributed by atoms with Gasteiger partial charge in [0.1, 0.15) is 17.5 Å². The van der Waals surface area contributed by atoms with Crippen molar-refractivity contribution in [3.63, 3.8) is 0 Å². The summed E-state index contributed by atoms with van der Waals surface area (Å²) in [7, 11) is 0. The summed E-state index contributed by atoms with van der Waals surface area (Å²) in [5.74, 6) is 2.47. The van der Waals surface area contributed by atoms with Crippen LogP contribution in [0.4, 0.5) is 11.6 Å². The Morgan fingerprint density at radius 1 is 1.19 bits per heavy atom. The van der Waals surface area contributed by atoms with Gasteiger partial charge in [0.15, 0.2) is 0 Å². The molecule has 1 unspecified atom stereocenters. The molecule has 1 atom stereocenters. The van der Waals surface area contributed by atoms with Gasteiger partial charge in [0.25, 0.3) is 0 Å². The zero-order chi connectivity index (χ0) is 15.2. The third-order valence-electron chi connectivity index (χ3n) is 3.11. The van der Waals surface area contributed by atoms with E-state index in [0.717, 1.165) is 34.9 Å². The highest BCUT2D eigenvalue weighted by molar-refractivity contribution is 9.10. The average Bonchev–Trinajstić information content (AvgIpc) is 2.44. The Morgan fingerprint density at radius 3 is 2.67 bits per heavy atom. The molecule has 0 saturated carbocycles. The summed E-state index contributed by atoms with van der Waals surface area (Å²) in [4.78, 5) is 8.85. The lowest BCUT2D eigenvalue weighted by atomic mass is 10.1. The van der Waals surface area contributed by atoms with E-state index in [0.29, 0.717) is 0 Å². The lowest BCUT2D eigenvalue weighted by Gasteiger charge is -2.16. The molecule has 1 aromatic heterocycles. The van der Waals surface area contributed by atoms with E-state index in [1.54, 1.807) is 0 Å². The monoisotopic (exact) mass is 348 g/mol. The standard InChI is InChI=1S/C16H21BrN4/c1-4-8-18-15-10-16(21-12(3)20-15)19-11(2)13-6-5-7-14(17)9-13/h5-7,9-11H,4,8H2,1-3H3,(H2,18,19,20,21). The van der Waals surface area contributed by atoms with Gasteiger partial charge in [-0.1, -0.05) is 35.0 Å². The highest BCUT2D eigenvalue weighted by Crippen LogP contribution is 2.22. The van der Waals surface area contributed by atoms with Crippen molar-refractivity contribution in [1.29, 1.82) is 0 Å². The maximum Gasteiger partial charge on any atom is 0.132 e. The summed E-state index contributed by atoms with van der Waals surface area (Å²) in [6, 6.07) is 10.4. The number of nitrogens with zero attached hydrogens (tertiary/aromatic N) is 2. The summed E-state index contributed by atoms with van der Waals surface area (Å²) >= 11 is 3.50. The topological polar surface area (TPSA) is 49.8 Å². The Labute approximate surface area is 134 Å². The highest BCUT2D eigenvalue weighted by Gasteiger charge is 2.08. The van der Waals surface area contributed by atoms with Gasteiger partial charge in [-0.25, -0.2) is 9.97 Å². The number of hydrogen-bond donors (Lipinski definition) is 2. The molecule has 0 radical (unpaired) electrons. The first-order valence-electron chi connectivity index (χ1n) is 7.20. The van der Waals surface area contributed by atoms with Crippen molar-refractivity contribution in [3.05, 3.63) is 46.2 Å². The number of halogens is 1. The SMILES string of the molecule is CCCNc1cc(NC(C)c2cccc(Br)c2)nc(C)n1. The minimum absolute atomic E-state index is 0.177. The molecule has 2 aromatic rings. The van der Waals surface area contributed by atoms with Crippen molar-refractivity contribution in [2.75, 3.05) is 17.2 Å². The van der Waals surface area contributed by atoms with Crippen LogP contribution < -0.4 is 10.6 Å². The molecular weight excluding hydrogens is 328 g/mol. The van der Waals surface area contributed by atoms with Crippen molar-refractivity contribution < 1.29 is 0 Å². The van der Waals surface area contributed by atoms with E-state index in [1.165, 1.54) is 5.56 Å². The zero-order valence-corrected chi connectivity index (χ0v) is 14.2. The van der Waals surface area contributed by atoms with Crippen LogP contribution in [0.2, 0.25) is 0 Å². The molecule has 0 amide bonds. The predicted octanol–water partition coefficient (Wildman–Crippen LogP) is 4.54. The number of anilines is 2. The molecule has 0 aliphatic heterocycles. The first kappa shape index (κ1) is 15.8. The van der Waals surface area contributed by atoms with Gasteiger partial charge in [0.05, 0.1) is 0 Å². The first-order chi connectivity index (χ1) is 10.1. The number of nitrogens with one attached hydrogen (secondary N) is 2. The summed E-state index contributed by atoms with van der Waals surface area (Å²) in [6.07, 6.45) is 1.07. The van der Waals surface area contributed by atoms with Gasteiger partial charge in [-0.05, 0) is 38.0 Å². The van der Waals surface area contributed by atoms with Crippen LogP contribution in [0.3, 0.4) is 0 Å². The van der Waals surface area contributed by atoms with Crippen LogP contribution in [-0.2, 0) is 0 Å². The molecule has 0 saturated heterocycles. The largest absolute Gasteiger partial charge is 0.370 e. The Kier molecular flexibility index (Phi) is 5.56. The van der Waals surface area contributed by atoms with Gasteiger partial charge in [-0.15, -0.1) is 0 Å². The van der Waals surface area contributed by atoms with Gasteiger partial charge in [0.2, 0.25) is 0 Å². The molecule has 0 aliphatic carbocycles. The summed E-state index contributed by atoms with van der Waals surface area (Å²) in [5.41, 5.74) is 1.21. The molecule has 4 nitrogen and oxygen atoms in total. The fraction of sp³-hybridized carbons (Fsp3) is 0.375. The minimum atomic E-state index is 0.177. The second-order valence-electron chi connectivity index (χ2n) is 5.03. The number of aryl methyl sites for hydroxylation is 1. The van der Waals surface area contributed by atoms with Crippen LogP contribution >= 0.6 is 15.9 Å². The molecule has 1 aromatic carbocycles. The van der Waals surface area contributed by atoms with Crippen molar-refractivity contribution in [2.24, 2.45) is 0 Å². The van der Waals surface area contributed by atoms with E-state index >= 15 is 0 Å². The number of aromatic nitrogens is 2. The molecule has 0 fully saturated rings. The quantitative estimate of drug-likeness (QED) is 0.804. The number of rotatable bonds is 6. The lowest BCUT2D eigenvalue weighted by molar-refractivity contribution is 0.865. The van der Waals surface area contributed by atoms with Crippen LogP contribution in [0.1, 0.15) is 37.7 Å². The Balaban J connectivity index is 2.13. The Hall–Kier alpha value is -1.62. The van der Waals surface area contributed by atoms with E-state index in [1.807, 2.05) is 25.1 Å². The van der Waals surface area contributed by atoms with Gasteiger partial charge in [-0.3, -0.25) is 0 Å². The zero-order valence-electron chi connectivity index (χ0n) is 12.7. The molecule has 0 bridgehead atoms. The van der Waals surface area contributed by atoms with Crippen molar-refractivity contribution in [1.82, 2.24) is 9.97 Å². The van der Waals surface area contributed by atoms with E-state index in [2.05, 4.69) is 62.5 Å². The molecule has 2 rings (SSSR count). The number of hydrogen-bond acceptors (Lipinski definition) is 4. The van der Waals surface area contributed by atoms with Gasteiger partial charge >= 0.3 is 0 Å². The van der Waals surface area contributed by atoms with Gasteiger partial charge in [0, 0.05) is 23.1 Å². The predicted molar refractivity (Wildman–Crippen MR) is 91.7 cm³/mol. The van der Waals surface area contributed by atoms with Crippen molar-refractivity contribution in [2.45, 2.75) is 33.2 Å². The smallest absolute Gasteiger partial charge is 0.132 e. The van der Waals surface area contributed by atoms with Crippen molar-refractivity contribution in [3.8, 4) is 0 Å². The normalized spacial score (nSPS) is 12.0. The summed E-state index contributed by atoms with van der Waals surface area (Å²) in [6.45, 7) is 7.08. The van der Waals surface area contributed by atoms with Crippen LogP contribution in [0.15, 0.2) is 34.8 Å². The highest BCUT2D eigenvalue weighted by atomic mass is 79.9. The molecule has 2 N–H and O–H groups in total. The van der Waals surface area contributed by atoms with Crippen LogP contribution in [0, 0.1) is 6.92 Å². The molecule has 21 heavy (non-hydrogen) atoms. The van der Waals surface area contributed by atoms with Crippen LogP contribution in [0.25, 0.3) is 0 Å². The summed E-state index contributed by atoms with van der Waals surface area (Å²) < 4.78 is 1.08. The third-order valence-corrected chi connectivity index (χ3v) is 3.60. The van der Waals surface area contributed by atoms with E-state index in [-0.39, 0.29) is 6.04 Å².